The first-order valence-electron chi connectivity index (χ1n) is 10.0. The molecule has 0 bridgehead atoms. The number of nitrogens with zero attached hydrogens (tertiary/aromatic N) is 2. The summed E-state index contributed by atoms with van der Waals surface area (Å²) in [7, 11) is 0. The van der Waals surface area contributed by atoms with Gasteiger partial charge in [0.1, 0.15) is 0 Å². The lowest BCUT2D eigenvalue weighted by Crippen LogP contribution is -2.35. The fraction of sp³-hybridized carbons (Fsp3) is 0.261. The molecule has 0 radical (unpaired) electrons. The highest BCUT2D eigenvalue weighted by atomic mass is 35.5. The van der Waals surface area contributed by atoms with E-state index in [9.17, 15) is 9.59 Å². The molecule has 0 fully saturated rings. The summed E-state index contributed by atoms with van der Waals surface area (Å²) in [6, 6.07) is 12.2. The van der Waals surface area contributed by atoms with Crippen molar-refractivity contribution in [2.45, 2.75) is 33.4 Å². The van der Waals surface area contributed by atoms with E-state index in [1.165, 1.54) is 6.92 Å². The van der Waals surface area contributed by atoms with E-state index in [4.69, 9.17) is 25.8 Å². The van der Waals surface area contributed by atoms with Gasteiger partial charge in [0.05, 0.1) is 27.7 Å². The summed E-state index contributed by atoms with van der Waals surface area (Å²) in [6.07, 6.45) is -0.953. The molecule has 0 saturated heterocycles. The molecule has 0 saturated carbocycles. The van der Waals surface area contributed by atoms with E-state index < -0.39 is 18.0 Å². The van der Waals surface area contributed by atoms with Crippen molar-refractivity contribution in [3.63, 3.8) is 0 Å². The summed E-state index contributed by atoms with van der Waals surface area (Å²) >= 11 is 6.20. The molecule has 1 unspecified atom stereocenters. The molecular weight excluding hydrogens is 434 g/mol. The Hall–Kier alpha value is -3.52. The van der Waals surface area contributed by atoms with E-state index >= 15 is 0 Å². The molecule has 2 aromatic carbocycles. The van der Waals surface area contributed by atoms with Crippen molar-refractivity contribution in [2.24, 2.45) is 0 Å². The number of carbonyl (C=O) groups excluding carboxylic acids is 2. The summed E-state index contributed by atoms with van der Waals surface area (Å²) in [5, 5.41) is 7.75. The number of nitrogens with one attached hydrogen (secondary N) is 1. The molecular formula is C23H22ClN3O5. The topological polar surface area (TPSA) is 91.7 Å². The van der Waals surface area contributed by atoms with Gasteiger partial charge in [-0.15, -0.1) is 0 Å². The third-order valence-corrected chi connectivity index (χ3v) is 5.65. The minimum atomic E-state index is -0.953. The Labute approximate surface area is 190 Å². The molecule has 8 nitrogen and oxygen atoms in total. The molecule has 166 valence electrons. The van der Waals surface area contributed by atoms with E-state index in [1.54, 1.807) is 41.1 Å². The van der Waals surface area contributed by atoms with Crippen molar-refractivity contribution in [3.05, 3.63) is 70.0 Å². The highest BCUT2D eigenvalue weighted by Gasteiger charge is 2.20. The van der Waals surface area contributed by atoms with Crippen molar-refractivity contribution < 1.29 is 23.8 Å². The average molecular weight is 456 g/mol. The van der Waals surface area contributed by atoms with Crippen LogP contribution < -0.4 is 14.8 Å². The van der Waals surface area contributed by atoms with Crippen molar-refractivity contribution in [3.8, 4) is 17.2 Å². The summed E-state index contributed by atoms with van der Waals surface area (Å²) in [5.41, 5.74) is 3.49. The quantitative estimate of drug-likeness (QED) is 0.569. The summed E-state index contributed by atoms with van der Waals surface area (Å²) in [4.78, 5) is 24.8. The predicted octanol–water partition coefficient (Wildman–Crippen LogP) is 3.73. The van der Waals surface area contributed by atoms with E-state index in [-0.39, 0.29) is 13.3 Å². The fourth-order valence-electron chi connectivity index (χ4n) is 3.28. The second-order valence-corrected chi connectivity index (χ2v) is 7.77. The number of benzene rings is 2. The number of ether oxygens (including phenoxy) is 3. The van der Waals surface area contributed by atoms with E-state index in [1.807, 2.05) is 19.9 Å². The zero-order valence-electron chi connectivity index (χ0n) is 17.8. The lowest BCUT2D eigenvalue weighted by molar-refractivity contribution is -0.129. The van der Waals surface area contributed by atoms with Crippen LogP contribution in [0.15, 0.2) is 42.5 Å². The second-order valence-electron chi connectivity index (χ2n) is 7.40. The van der Waals surface area contributed by atoms with Gasteiger partial charge < -0.3 is 19.5 Å². The third-order valence-electron chi connectivity index (χ3n) is 5.11. The van der Waals surface area contributed by atoms with E-state index in [0.717, 1.165) is 22.6 Å². The van der Waals surface area contributed by atoms with E-state index in [2.05, 4.69) is 10.4 Å². The molecule has 1 aliphatic rings. The first kappa shape index (κ1) is 21.7. The summed E-state index contributed by atoms with van der Waals surface area (Å²) < 4.78 is 17.6. The van der Waals surface area contributed by atoms with Crippen LogP contribution in [-0.4, -0.2) is 34.6 Å². The van der Waals surface area contributed by atoms with Crippen molar-refractivity contribution in [1.82, 2.24) is 15.1 Å². The number of aryl methyl sites for hydroxylation is 1. The molecule has 0 spiro atoms. The molecule has 32 heavy (non-hydrogen) atoms. The van der Waals surface area contributed by atoms with Crippen molar-refractivity contribution >= 4 is 23.5 Å². The van der Waals surface area contributed by atoms with Gasteiger partial charge in [0.15, 0.2) is 17.6 Å². The van der Waals surface area contributed by atoms with Crippen LogP contribution in [0.3, 0.4) is 0 Å². The van der Waals surface area contributed by atoms with Gasteiger partial charge in [0.2, 0.25) is 6.79 Å². The summed E-state index contributed by atoms with van der Waals surface area (Å²) in [6.45, 7) is 5.69. The van der Waals surface area contributed by atoms with Gasteiger partial charge in [-0.1, -0.05) is 17.7 Å². The largest absolute Gasteiger partial charge is 0.454 e. The second kappa shape index (κ2) is 8.92. The molecule has 9 heteroatoms. The zero-order chi connectivity index (χ0) is 22.8. The predicted molar refractivity (Wildman–Crippen MR) is 117 cm³/mol. The Morgan fingerprint density at radius 3 is 2.56 bits per heavy atom. The van der Waals surface area contributed by atoms with E-state index in [0.29, 0.717) is 22.1 Å². The highest BCUT2D eigenvalue weighted by Crippen LogP contribution is 2.32. The van der Waals surface area contributed by atoms with Gasteiger partial charge in [-0.05, 0) is 62.7 Å². The molecule has 1 amide bonds. The number of rotatable bonds is 6. The number of amides is 1. The lowest BCUT2D eigenvalue weighted by atomic mass is 10.2. The van der Waals surface area contributed by atoms with Crippen LogP contribution in [0.4, 0.5) is 0 Å². The van der Waals surface area contributed by atoms with Gasteiger partial charge >= 0.3 is 5.97 Å². The maximum absolute atomic E-state index is 12.5. The fourth-order valence-corrected chi connectivity index (χ4v) is 3.40. The monoisotopic (exact) mass is 455 g/mol. The molecule has 0 aliphatic carbocycles. The minimum Gasteiger partial charge on any atom is -0.454 e. The smallest absolute Gasteiger partial charge is 0.338 e. The number of fused-ring (bicyclic) bond motifs is 1. The molecule has 3 aromatic rings. The van der Waals surface area contributed by atoms with Crippen LogP contribution in [0.5, 0.6) is 11.5 Å². The number of carbonyl (C=O) groups is 2. The Kier molecular flexibility index (Phi) is 6.05. The number of esters is 1. The Morgan fingerprint density at radius 1 is 1.16 bits per heavy atom. The molecule has 1 atom stereocenters. The van der Waals surface area contributed by atoms with Gasteiger partial charge in [-0.25, -0.2) is 9.48 Å². The van der Waals surface area contributed by atoms with Gasteiger partial charge in [-0.3, -0.25) is 4.79 Å². The van der Waals surface area contributed by atoms with Gasteiger partial charge in [0, 0.05) is 6.54 Å². The van der Waals surface area contributed by atoms with Crippen LogP contribution in [0.1, 0.15) is 34.2 Å². The molecule has 4 rings (SSSR count). The maximum Gasteiger partial charge on any atom is 0.338 e. The molecule has 1 aliphatic heterocycles. The van der Waals surface area contributed by atoms with Gasteiger partial charge in [-0.2, -0.15) is 5.10 Å². The number of hydrogen-bond acceptors (Lipinski definition) is 6. The third kappa shape index (κ3) is 4.40. The van der Waals surface area contributed by atoms with Crippen LogP contribution in [0.25, 0.3) is 5.69 Å². The Morgan fingerprint density at radius 2 is 1.88 bits per heavy atom. The molecule has 1 aromatic heterocycles. The number of halogens is 1. The minimum absolute atomic E-state index is 0.189. The van der Waals surface area contributed by atoms with Crippen LogP contribution in [-0.2, 0) is 16.1 Å². The molecule has 2 heterocycles. The van der Waals surface area contributed by atoms with Gasteiger partial charge in [0.25, 0.3) is 5.91 Å². The van der Waals surface area contributed by atoms with Crippen LogP contribution in [0.2, 0.25) is 5.02 Å². The number of hydrogen-bond donors (Lipinski definition) is 1. The SMILES string of the molecule is Cc1nn(-c2ccc(C(=O)OC(C)C(=O)NCc3ccc4c(c3)OCO4)cc2)c(C)c1Cl. The molecule has 1 N–H and O–H groups in total. The zero-order valence-corrected chi connectivity index (χ0v) is 18.6. The average Bonchev–Trinajstić information content (AvgIpc) is 3.37. The summed E-state index contributed by atoms with van der Waals surface area (Å²) in [5.74, 6) is 0.329. The first-order chi connectivity index (χ1) is 15.3. The Balaban J connectivity index is 1.33. The highest BCUT2D eigenvalue weighted by molar-refractivity contribution is 6.31. The standard InChI is InChI=1S/C23H22ClN3O5/c1-13-21(24)14(2)27(26-13)18-7-5-17(6-8-18)23(29)32-15(3)22(28)25-11-16-4-9-19-20(10-16)31-12-30-19/h4-10,15H,11-12H2,1-3H3,(H,25,28). The lowest BCUT2D eigenvalue weighted by Gasteiger charge is -2.14. The van der Waals surface area contributed by atoms with Crippen molar-refractivity contribution in [1.29, 1.82) is 0 Å². The van der Waals surface area contributed by atoms with Crippen LogP contribution >= 0.6 is 11.6 Å². The van der Waals surface area contributed by atoms with Crippen LogP contribution in [0, 0.1) is 13.8 Å². The number of aromatic nitrogens is 2. The first-order valence-corrected chi connectivity index (χ1v) is 10.4. The Bertz CT molecular complexity index is 1170. The maximum atomic E-state index is 12.5. The van der Waals surface area contributed by atoms with Crippen molar-refractivity contribution in [2.75, 3.05) is 6.79 Å². The normalized spacial score (nSPS) is 13.0.